The average molecular weight is 456 g/mol. The second-order valence-corrected chi connectivity index (χ2v) is 8.01. The van der Waals surface area contributed by atoms with E-state index >= 15 is 0 Å². The number of aromatic amines is 1. The molecule has 0 fully saturated rings. The van der Waals surface area contributed by atoms with E-state index in [1.807, 2.05) is 0 Å². The lowest BCUT2D eigenvalue weighted by molar-refractivity contribution is -0.135. The zero-order chi connectivity index (χ0) is 22.7. The van der Waals surface area contributed by atoms with Gasteiger partial charge in [-0.1, -0.05) is 0 Å². The molecule has 0 atom stereocenters. The van der Waals surface area contributed by atoms with Gasteiger partial charge in [-0.05, 0) is 36.4 Å². The van der Waals surface area contributed by atoms with E-state index in [-0.39, 0.29) is 16.6 Å². The standard InChI is InChI=1S/C19H16N6O6S/c26-17(27)10-21-19(28)24-18-22-15-6-3-13(9-16(15)23-18)31-32(29,30)14-4-1-12(2-5-14)25-8-7-20-11-25/h1-9,11H,10H2,(H,26,27)(H3,21,22,23,24,28). The number of hydrogen-bond acceptors (Lipinski definition) is 7. The molecule has 32 heavy (non-hydrogen) atoms. The Kier molecular flexibility index (Phi) is 5.47. The molecule has 0 spiro atoms. The predicted molar refractivity (Wildman–Crippen MR) is 112 cm³/mol. The number of imidazole rings is 2. The lowest BCUT2D eigenvalue weighted by Crippen LogP contribution is -2.33. The maximum Gasteiger partial charge on any atom is 0.339 e. The van der Waals surface area contributed by atoms with Gasteiger partial charge in [0.2, 0.25) is 5.95 Å². The molecule has 2 aromatic carbocycles. The van der Waals surface area contributed by atoms with Crippen molar-refractivity contribution in [3.05, 3.63) is 61.2 Å². The van der Waals surface area contributed by atoms with E-state index in [2.05, 4.69) is 25.6 Å². The summed E-state index contributed by atoms with van der Waals surface area (Å²) in [5.41, 5.74) is 1.59. The van der Waals surface area contributed by atoms with E-state index in [1.165, 1.54) is 30.3 Å². The number of nitrogens with one attached hydrogen (secondary N) is 3. The monoisotopic (exact) mass is 456 g/mol. The van der Waals surface area contributed by atoms with Gasteiger partial charge in [-0.15, -0.1) is 0 Å². The smallest absolute Gasteiger partial charge is 0.339 e. The topological polar surface area (TPSA) is 168 Å². The first-order valence-corrected chi connectivity index (χ1v) is 10.5. The molecule has 0 aliphatic heterocycles. The van der Waals surface area contributed by atoms with Crippen molar-refractivity contribution in [1.29, 1.82) is 0 Å². The largest absolute Gasteiger partial charge is 0.480 e. The number of nitrogens with zero attached hydrogens (tertiary/aromatic N) is 3. The zero-order valence-corrected chi connectivity index (χ0v) is 17.0. The number of fused-ring (bicyclic) bond motifs is 1. The summed E-state index contributed by atoms with van der Waals surface area (Å²) in [6, 6.07) is 9.71. The molecule has 0 unspecified atom stereocenters. The highest BCUT2D eigenvalue weighted by molar-refractivity contribution is 7.87. The molecular weight excluding hydrogens is 440 g/mol. The maximum absolute atomic E-state index is 12.6. The molecular formula is C19H16N6O6S. The van der Waals surface area contributed by atoms with E-state index in [9.17, 15) is 18.0 Å². The molecule has 12 nitrogen and oxygen atoms in total. The second kappa shape index (κ2) is 8.39. The third kappa shape index (κ3) is 4.67. The normalized spacial score (nSPS) is 11.2. The van der Waals surface area contributed by atoms with Gasteiger partial charge in [0, 0.05) is 24.1 Å². The van der Waals surface area contributed by atoms with Crippen molar-refractivity contribution in [3.8, 4) is 11.4 Å². The van der Waals surface area contributed by atoms with Gasteiger partial charge in [0.15, 0.2) is 0 Å². The summed E-state index contributed by atoms with van der Waals surface area (Å²) in [7, 11) is -4.09. The minimum absolute atomic E-state index is 0.0245. The minimum atomic E-state index is -4.09. The number of carboxylic acids is 1. The molecule has 0 bridgehead atoms. The van der Waals surface area contributed by atoms with Crippen molar-refractivity contribution in [2.45, 2.75) is 4.90 Å². The van der Waals surface area contributed by atoms with Crippen molar-refractivity contribution >= 4 is 39.1 Å². The summed E-state index contributed by atoms with van der Waals surface area (Å²) < 4.78 is 32.2. The Hall–Kier alpha value is -4.39. The van der Waals surface area contributed by atoms with Crippen molar-refractivity contribution in [2.24, 2.45) is 0 Å². The molecule has 13 heteroatoms. The number of aromatic nitrogens is 4. The van der Waals surface area contributed by atoms with Crippen LogP contribution in [0.5, 0.6) is 5.75 Å². The quantitative estimate of drug-likeness (QED) is 0.305. The van der Waals surface area contributed by atoms with Crippen LogP contribution < -0.4 is 14.8 Å². The highest BCUT2D eigenvalue weighted by atomic mass is 32.2. The van der Waals surface area contributed by atoms with Crippen LogP contribution >= 0.6 is 0 Å². The van der Waals surface area contributed by atoms with Crippen LogP contribution in [-0.4, -0.2) is 51.6 Å². The Morgan fingerprint density at radius 2 is 1.94 bits per heavy atom. The van der Waals surface area contributed by atoms with Gasteiger partial charge in [-0.25, -0.2) is 14.8 Å². The van der Waals surface area contributed by atoms with Crippen molar-refractivity contribution in [2.75, 3.05) is 11.9 Å². The van der Waals surface area contributed by atoms with Crippen molar-refractivity contribution in [3.63, 3.8) is 0 Å². The van der Waals surface area contributed by atoms with E-state index in [1.54, 1.807) is 35.4 Å². The van der Waals surface area contributed by atoms with Crippen molar-refractivity contribution in [1.82, 2.24) is 24.8 Å². The van der Waals surface area contributed by atoms with Crippen LogP contribution in [0.2, 0.25) is 0 Å². The van der Waals surface area contributed by atoms with Gasteiger partial charge < -0.3 is 24.2 Å². The number of rotatable bonds is 7. The van der Waals surface area contributed by atoms with Gasteiger partial charge in [0.1, 0.15) is 17.2 Å². The first kappa shape index (κ1) is 20.9. The van der Waals surface area contributed by atoms with Crippen LogP contribution in [0.1, 0.15) is 0 Å². The molecule has 0 radical (unpaired) electrons. The summed E-state index contributed by atoms with van der Waals surface area (Å²) in [4.78, 5) is 33.0. The van der Waals surface area contributed by atoms with E-state index in [0.717, 1.165) is 5.69 Å². The number of amides is 2. The lowest BCUT2D eigenvalue weighted by atomic mass is 10.3. The van der Waals surface area contributed by atoms with Gasteiger partial charge >= 0.3 is 22.1 Å². The number of carbonyl (C=O) groups is 2. The number of urea groups is 1. The number of hydrogen-bond donors (Lipinski definition) is 4. The zero-order valence-electron chi connectivity index (χ0n) is 16.2. The predicted octanol–water partition coefficient (Wildman–Crippen LogP) is 1.72. The fourth-order valence-electron chi connectivity index (χ4n) is 2.78. The molecule has 164 valence electrons. The minimum Gasteiger partial charge on any atom is -0.480 e. The van der Waals surface area contributed by atoms with Crippen molar-refractivity contribution < 1.29 is 27.3 Å². The number of aliphatic carboxylic acids is 1. The van der Waals surface area contributed by atoms with Crippen LogP contribution in [0.3, 0.4) is 0 Å². The highest BCUT2D eigenvalue weighted by Gasteiger charge is 2.18. The summed E-state index contributed by atoms with van der Waals surface area (Å²) in [5, 5.41) is 13.1. The molecule has 4 N–H and O–H groups in total. The molecule has 0 aliphatic carbocycles. The number of H-pyrrole nitrogens is 1. The fourth-order valence-corrected chi connectivity index (χ4v) is 3.70. The molecule has 2 aromatic heterocycles. The number of carbonyl (C=O) groups excluding carboxylic acids is 1. The molecule has 4 aromatic rings. The van der Waals surface area contributed by atoms with E-state index in [0.29, 0.717) is 11.0 Å². The lowest BCUT2D eigenvalue weighted by Gasteiger charge is -2.08. The third-order valence-corrected chi connectivity index (χ3v) is 5.48. The van der Waals surface area contributed by atoms with E-state index < -0.39 is 28.7 Å². The molecule has 0 saturated heterocycles. The summed E-state index contributed by atoms with van der Waals surface area (Å²) >= 11 is 0. The molecule has 4 rings (SSSR count). The molecule has 0 saturated carbocycles. The molecule has 2 heterocycles. The third-order valence-electron chi connectivity index (χ3n) is 4.22. The number of anilines is 1. The van der Waals surface area contributed by atoms with Crippen LogP contribution in [0.25, 0.3) is 16.7 Å². The first-order valence-electron chi connectivity index (χ1n) is 9.09. The maximum atomic E-state index is 12.6. The van der Waals surface area contributed by atoms with Gasteiger partial charge in [0.25, 0.3) is 0 Å². The summed E-state index contributed by atoms with van der Waals surface area (Å²) in [6.45, 7) is -0.550. The Balaban J connectivity index is 1.48. The first-order chi connectivity index (χ1) is 15.3. The van der Waals surface area contributed by atoms with Crippen LogP contribution in [0.15, 0.2) is 66.1 Å². The highest BCUT2D eigenvalue weighted by Crippen LogP contribution is 2.24. The summed E-state index contributed by atoms with van der Waals surface area (Å²) in [6.07, 6.45) is 4.94. The van der Waals surface area contributed by atoms with Gasteiger partial charge in [-0.2, -0.15) is 8.42 Å². The van der Waals surface area contributed by atoms with Gasteiger partial charge in [0.05, 0.1) is 17.4 Å². The van der Waals surface area contributed by atoms with Crippen LogP contribution in [-0.2, 0) is 14.9 Å². The van der Waals surface area contributed by atoms with Gasteiger partial charge in [-0.3, -0.25) is 10.1 Å². The Morgan fingerprint density at radius 1 is 1.16 bits per heavy atom. The number of benzene rings is 2. The SMILES string of the molecule is O=C(O)CNC(=O)Nc1nc2ccc(OS(=O)(=O)c3ccc(-n4ccnc4)cc3)cc2[nH]1. The van der Waals surface area contributed by atoms with E-state index in [4.69, 9.17) is 9.29 Å². The number of carboxylic acid groups (broad SMARTS) is 1. The average Bonchev–Trinajstić information content (AvgIpc) is 3.41. The second-order valence-electron chi connectivity index (χ2n) is 6.47. The Bertz CT molecular complexity index is 1380. The Labute approximate surface area is 181 Å². The molecule has 0 aliphatic rings. The Morgan fingerprint density at radius 3 is 2.62 bits per heavy atom. The fraction of sp³-hybridized carbons (Fsp3) is 0.0526. The van der Waals surface area contributed by atoms with Crippen LogP contribution in [0.4, 0.5) is 10.7 Å². The summed E-state index contributed by atoms with van der Waals surface area (Å²) in [5.74, 6) is -1.09. The molecule has 2 amide bonds. The van der Waals surface area contributed by atoms with Crippen LogP contribution in [0, 0.1) is 0 Å².